The third-order valence-electron chi connectivity index (χ3n) is 9.88. The van der Waals surface area contributed by atoms with Crippen LogP contribution in [0.3, 0.4) is 0 Å². The average molecular weight is 689 g/mol. The van der Waals surface area contributed by atoms with Gasteiger partial charge in [-0.2, -0.15) is 0 Å². The Balaban J connectivity index is 1.13. The quantitative estimate of drug-likeness (QED) is 0.159. The van der Waals surface area contributed by atoms with E-state index >= 15 is 0 Å². The molecule has 0 saturated carbocycles. The highest BCUT2D eigenvalue weighted by Gasteiger charge is 2.14. The predicted octanol–water partition coefficient (Wildman–Crippen LogP) is 13.8. The molecule has 1 aromatic heterocycles. The van der Waals surface area contributed by atoms with Crippen molar-refractivity contribution >= 4 is 0 Å². The summed E-state index contributed by atoms with van der Waals surface area (Å²) in [6.45, 7) is 0. The van der Waals surface area contributed by atoms with E-state index in [1.807, 2.05) is 12.1 Å². The summed E-state index contributed by atoms with van der Waals surface area (Å²) >= 11 is 0. The minimum absolute atomic E-state index is 0.686. The van der Waals surface area contributed by atoms with Gasteiger partial charge in [0, 0.05) is 16.7 Å². The molecule has 0 N–H and O–H groups in total. The van der Waals surface area contributed by atoms with Crippen LogP contribution < -0.4 is 0 Å². The maximum Gasteiger partial charge on any atom is 0.160 e. The second kappa shape index (κ2) is 14.8. The maximum absolute atomic E-state index is 5.24. The molecule has 0 aliphatic carbocycles. The fraction of sp³-hybridized carbons (Fsp3) is 0. The Morgan fingerprint density at radius 1 is 0.185 bits per heavy atom. The van der Waals surface area contributed by atoms with Gasteiger partial charge >= 0.3 is 0 Å². The van der Waals surface area contributed by atoms with Gasteiger partial charge in [0.05, 0.1) is 11.4 Å². The van der Waals surface area contributed by atoms with Crippen molar-refractivity contribution in [2.75, 3.05) is 0 Å². The summed E-state index contributed by atoms with van der Waals surface area (Å²) in [5.41, 5.74) is 16.5. The Labute approximate surface area is 316 Å². The van der Waals surface area contributed by atoms with Crippen molar-refractivity contribution in [3.8, 4) is 89.5 Å². The molecule has 8 aromatic carbocycles. The van der Waals surface area contributed by atoms with Crippen LogP contribution in [0.5, 0.6) is 0 Å². The van der Waals surface area contributed by atoms with Crippen LogP contribution in [0.15, 0.2) is 218 Å². The van der Waals surface area contributed by atoms with E-state index in [9.17, 15) is 0 Å². The molecule has 0 aliphatic heterocycles. The molecule has 0 spiro atoms. The van der Waals surface area contributed by atoms with Gasteiger partial charge < -0.3 is 0 Å². The Hall–Kier alpha value is -7.16. The molecule has 0 fully saturated rings. The molecule has 0 amide bonds. The molecule has 0 radical (unpaired) electrons. The van der Waals surface area contributed by atoms with E-state index in [4.69, 9.17) is 9.97 Å². The normalized spacial score (nSPS) is 11.0. The van der Waals surface area contributed by atoms with Gasteiger partial charge in [0.25, 0.3) is 0 Å². The zero-order chi connectivity index (χ0) is 36.1. The molecule has 254 valence electrons. The van der Waals surface area contributed by atoms with Crippen LogP contribution in [-0.4, -0.2) is 9.97 Å². The molecule has 2 nitrogen and oxygen atoms in total. The largest absolute Gasteiger partial charge is 0.228 e. The van der Waals surface area contributed by atoms with Crippen molar-refractivity contribution < 1.29 is 0 Å². The van der Waals surface area contributed by atoms with Crippen LogP contribution in [-0.2, 0) is 0 Å². The average Bonchev–Trinajstić information content (AvgIpc) is 3.27. The predicted molar refractivity (Wildman–Crippen MR) is 226 cm³/mol. The van der Waals surface area contributed by atoms with E-state index in [0.717, 1.165) is 50.3 Å². The van der Waals surface area contributed by atoms with Gasteiger partial charge in [-0.15, -0.1) is 0 Å². The Kier molecular flexibility index (Phi) is 8.99. The van der Waals surface area contributed by atoms with Crippen molar-refractivity contribution in [3.63, 3.8) is 0 Å². The lowest BCUT2D eigenvalue weighted by molar-refractivity contribution is 1.18. The molecule has 9 aromatic rings. The molecule has 0 aliphatic rings. The highest BCUT2D eigenvalue weighted by Crippen LogP contribution is 2.34. The van der Waals surface area contributed by atoms with Crippen LogP contribution in [0.4, 0.5) is 0 Å². The summed E-state index contributed by atoms with van der Waals surface area (Å²) in [6, 6.07) is 77.0. The highest BCUT2D eigenvalue weighted by molar-refractivity contribution is 5.81. The summed E-state index contributed by atoms with van der Waals surface area (Å²) in [6.07, 6.45) is 0. The summed E-state index contributed by atoms with van der Waals surface area (Å²) in [5.74, 6) is 0.686. The van der Waals surface area contributed by atoms with E-state index in [1.165, 1.54) is 33.4 Å². The maximum atomic E-state index is 5.24. The molecule has 9 rings (SSSR count). The molecular weight excluding hydrogens is 653 g/mol. The van der Waals surface area contributed by atoms with Crippen molar-refractivity contribution in [3.05, 3.63) is 218 Å². The Bertz CT molecular complexity index is 2600. The number of hydrogen-bond donors (Lipinski definition) is 0. The molecule has 2 heteroatoms. The lowest BCUT2D eigenvalue weighted by Crippen LogP contribution is -1.96. The third kappa shape index (κ3) is 7.01. The fourth-order valence-corrected chi connectivity index (χ4v) is 7.07. The summed E-state index contributed by atoms with van der Waals surface area (Å²) in [5, 5.41) is 0. The summed E-state index contributed by atoms with van der Waals surface area (Å²) in [7, 11) is 0. The van der Waals surface area contributed by atoms with Crippen molar-refractivity contribution in [2.24, 2.45) is 0 Å². The first-order valence-corrected chi connectivity index (χ1v) is 18.3. The lowest BCUT2D eigenvalue weighted by Gasteiger charge is -2.13. The zero-order valence-corrected chi connectivity index (χ0v) is 29.7. The van der Waals surface area contributed by atoms with Crippen molar-refractivity contribution in [1.29, 1.82) is 0 Å². The van der Waals surface area contributed by atoms with Gasteiger partial charge in [0.1, 0.15) is 0 Å². The van der Waals surface area contributed by atoms with Crippen LogP contribution >= 0.6 is 0 Å². The van der Waals surface area contributed by atoms with Crippen molar-refractivity contribution in [2.45, 2.75) is 0 Å². The second-order valence-corrected chi connectivity index (χ2v) is 13.5. The van der Waals surface area contributed by atoms with Gasteiger partial charge in [-0.3, -0.25) is 0 Å². The minimum Gasteiger partial charge on any atom is -0.228 e. The molecular formula is C52H36N2. The minimum atomic E-state index is 0.686. The van der Waals surface area contributed by atoms with Crippen molar-refractivity contribution in [1.82, 2.24) is 9.97 Å². The van der Waals surface area contributed by atoms with E-state index in [-0.39, 0.29) is 0 Å². The molecule has 0 saturated heterocycles. The topological polar surface area (TPSA) is 25.8 Å². The van der Waals surface area contributed by atoms with E-state index in [1.54, 1.807) is 0 Å². The lowest BCUT2D eigenvalue weighted by atomic mass is 9.95. The number of benzene rings is 8. The molecule has 1 heterocycles. The smallest absolute Gasteiger partial charge is 0.160 e. The molecule has 0 bridgehead atoms. The Morgan fingerprint density at radius 2 is 0.426 bits per heavy atom. The first kappa shape index (κ1) is 32.7. The second-order valence-electron chi connectivity index (χ2n) is 13.5. The van der Waals surface area contributed by atoms with E-state index < -0.39 is 0 Å². The highest BCUT2D eigenvalue weighted by atomic mass is 14.9. The van der Waals surface area contributed by atoms with Gasteiger partial charge in [-0.05, 0) is 92.0 Å². The van der Waals surface area contributed by atoms with Gasteiger partial charge in [-0.25, -0.2) is 9.97 Å². The standard InChI is InChI=1S/C52H36N2/c1-4-15-37(16-5-1)40-21-10-24-43(31-40)44-25-11-26-45(32-44)46-27-14-30-49(35-46)52-53-50(47-28-12-22-41(33-47)38-17-6-2-7-18-38)36-51(54-52)48-29-13-23-42(34-48)39-19-8-3-9-20-39/h1-36H. The van der Waals surface area contributed by atoms with Crippen LogP contribution in [0.1, 0.15) is 0 Å². The summed E-state index contributed by atoms with van der Waals surface area (Å²) < 4.78 is 0. The number of aromatic nitrogens is 2. The number of hydrogen-bond acceptors (Lipinski definition) is 2. The van der Waals surface area contributed by atoms with E-state index in [0.29, 0.717) is 5.82 Å². The molecule has 0 unspecified atom stereocenters. The fourth-order valence-electron chi connectivity index (χ4n) is 7.07. The number of nitrogens with zero attached hydrogens (tertiary/aromatic N) is 2. The van der Waals surface area contributed by atoms with Gasteiger partial charge in [-0.1, -0.05) is 182 Å². The van der Waals surface area contributed by atoms with Gasteiger partial charge in [0.2, 0.25) is 0 Å². The first-order chi connectivity index (χ1) is 26.7. The monoisotopic (exact) mass is 688 g/mol. The molecule has 54 heavy (non-hydrogen) atoms. The SMILES string of the molecule is c1ccc(-c2cccc(-c3cccc(-c4cccc(-c5nc(-c6cccc(-c7ccccc7)c6)cc(-c6cccc(-c7ccccc7)c6)n5)c4)c3)c2)cc1. The molecule has 0 atom stereocenters. The summed E-state index contributed by atoms with van der Waals surface area (Å²) in [4.78, 5) is 10.5. The van der Waals surface area contributed by atoms with Crippen LogP contribution in [0, 0.1) is 0 Å². The third-order valence-corrected chi connectivity index (χ3v) is 9.88. The van der Waals surface area contributed by atoms with E-state index in [2.05, 4.69) is 206 Å². The number of rotatable bonds is 8. The van der Waals surface area contributed by atoms with Gasteiger partial charge in [0.15, 0.2) is 5.82 Å². The Morgan fingerprint density at radius 3 is 0.778 bits per heavy atom. The first-order valence-electron chi connectivity index (χ1n) is 18.3. The van der Waals surface area contributed by atoms with Crippen LogP contribution in [0.2, 0.25) is 0 Å². The zero-order valence-electron chi connectivity index (χ0n) is 29.7. The van der Waals surface area contributed by atoms with Crippen LogP contribution in [0.25, 0.3) is 89.5 Å².